The molecule has 6 nitrogen and oxygen atoms in total. The second-order valence-corrected chi connectivity index (χ2v) is 9.56. The molecule has 1 atom stereocenters. The van der Waals surface area contributed by atoms with Crippen LogP contribution >= 0.6 is 0 Å². The maximum atomic E-state index is 13.7. The lowest BCUT2D eigenvalue weighted by Gasteiger charge is -2.35. The molecular formula is C20H21FN4O2S. The lowest BCUT2D eigenvalue weighted by Crippen LogP contribution is -2.36. The molecule has 28 heavy (non-hydrogen) atoms. The van der Waals surface area contributed by atoms with Crippen molar-refractivity contribution in [2.45, 2.75) is 37.6 Å². The third-order valence-electron chi connectivity index (χ3n) is 4.97. The van der Waals surface area contributed by atoms with Gasteiger partial charge in [0.25, 0.3) is 0 Å². The summed E-state index contributed by atoms with van der Waals surface area (Å²) in [6.45, 7) is 4.18. The summed E-state index contributed by atoms with van der Waals surface area (Å²) >= 11 is 0. The van der Waals surface area contributed by atoms with Gasteiger partial charge < -0.3 is 0 Å². The Kier molecular flexibility index (Phi) is 4.55. The van der Waals surface area contributed by atoms with E-state index in [0.717, 1.165) is 11.3 Å². The Morgan fingerprint density at radius 2 is 2.04 bits per heavy atom. The highest BCUT2D eigenvalue weighted by Crippen LogP contribution is 2.42. The summed E-state index contributed by atoms with van der Waals surface area (Å²) < 4.78 is 43.8. The molecule has 0 saturated carbocycles. The summed E-state index contributed by atoms with van der Waals surface area (Å²) in [4.78, 5) is 4.02. The number of benzene rings is 1. The van der Waals surface area contributed by atoms with E-state index in [4.69, 9.17) is 0 Å². The van der Waals surface area contributed by atoms with E-state index >= 15 is 0 Å². The van der Waals surface area contributed by atoms with Crippen LogP contribution in [0.3, 0.4) is 0 Å². The molecule has 0 unspecified atom stereocenters. The highest BCUT2D eigenvalue weighted by Gasteiger charge is 2.37. The van der Waals surface area contributed by atoms with E-state index in [9.17, 15) is 12.8 Å². The maximum absolute atomic E-state index is 13.7. The number of nitrogens with zero attached hydrogens (tertiary/aromatic N) is 3. The van der Waals surface area contributed by atoms with Crippen LogP contribution in [0.1, 0.15) is 37.6 Å². The van der Waals surface area contributed by atoms with Gasteiger partial charge in [0, 0.05) is 23.7 Å². The fourth-order valence-corrected chi connectivity index (χ4v) is 4.92. The lowest BCUT2D eigenvalue weighted by molar-refractivity contribution is 0.268. The average Bonchev–Trinajstić information content (AvgIpc) is 3.05. The Bertz CT molecular complexity index is 1110. The molecule has 4 rings (SSSR count). The molecule has 0 amide bonds. The third-order valence-corrected chi connectivity index (χ3v) is 6.43. The zero-order valence-electron chi connectivity index (χ0n) is 15.6. The van der Waals surface area contributed by atoms with Crippen LogP contribution in [0.4, 0.5) is 4.39 Å². The molecule has 0 bridgehead atoms. The molecule has 1 aliphatic rings. The number of hydrogen-bond acceptors (Lipinski definition) is 4. The van der Waals surface area contributed by atoms with Crippen molar-refractivity contribution >= 4 is 10.0 Å². The van der Waals surface area contributed by atoms with Gasteiger partial charge in [-0.05, 0) is 48.6 Å². The Labute approximate surface area is 163 Å². The van der Waals surface area contributed by atoms with Gasteiger partial charge in [-0.3, -0.25) is 4.98 Å². The van der Waals surface area contributed by atoms with Crippen molar-refractivity contribution in [3.63, 3.8) is 0 Å². The fourth-order valence-electron chi connectivity index (χ4n) is 3.74. The highest BCUT2D eigenvalue weighted by atomic mass is 32.2. The van der Waals surface area contributed by atoms with E-state index in [2.05, 4.69) is 28.7 Å². The molecule has 3 aromatic rings. The van der Waals surface area contributed by atoms with Gasteiger partial charge >= 0.3 is 0 Å². The van der Waals surface area contributed by atoms with Gasteiger partial charge in [-0.15, -0.1) is 0 Å². The number of halogens is 1. The average molecular weight is 400 g/mol. The van der Waals surface area contributed by atoms with E-state index in [1.807, 2.05) is 0 Å². The first-order valence-electron chi connectivity index (χ1n) is 9.00. The van der Waals surface area contributed by atoms with E-state index in [1.54, 1.807) is 29.1 Å². The van der Waals surface area contributed by atoms with Gasteiger partial charge in [-0.2, -0.15) is 5.10 Å². The van der Waals surface area contributed by atoms with Crippen molar-refractivity contribution in [2.75, 3.05) is 0 Å². The molecule has 0 spiro atoms. The molecule has 1 N–H and O–H groups in total. The monoisotopic (exact) mass is 400 g/mol. The van der Waals surface area contributed by atoms with Crippen molar-refractivity contribution in [2.24, 2.45) is 5.41 Å². The summed E-state index contributed by atoms with van der Waals surface area (Å²) in [5.41, 5.74) is 2.17. The van der Waals surface area contributed by atoms with E-state index in [0.29, 0.717) is 18.5 Å². The molecular weight excluding hydrogens is 379 g/mol. The lowest BCUT2D eigenvalue weighted by atomic mass is 9.74. The van der Waals surface area contributed by atoms with E-state index in [-0.39, 0.29) is 16.1 Å². The fraction of sp³-hybridized carbons (Fsp3) is 0.300. The van der Waals surface area contributed by atoms with Crippen LogP contribution in [-0.4, -0.2) is 23.2 Å². The molecule has 8 heteroatoms. The minimum atomic E-state index is -3.72. The number of sulfonamides is 1. The third kappa shape index (κ3) is 3.57. The first kappa shape index (κ1) is 18.8. The largest absolute Gasteiger partial charge is 0.263 e. The molecule has 1 aliphatic carbocycles. The second-order valence-electron chi connectivity index (χ2n) is 7.85. The van der Waals surface area contributed by atoms with Gasteiger partial charge in [0.1, 0.15) is 10.7 Å². The number of rotatable bonds is 4. The zero-order chi connectivity index (χ0) is 19.9. The SMILES string of the molecule is CC1(C)Cc2c(cnn2-c2cccc(F)c2)[C@@H](NS(=O)(=O)c2cccnc2)C1. The van der Waals surface area contributed by atoms with Crippen LogP contribution in [-0.2, 0) is 16.4 Å². The van der Waals surface area contributed by atoms with Crippen molar-refractivity contribution in [1.82, 2.24) is 19.5 Å². The van der Waals surface area contributed by atoms with Crippen LogP contribution < -0.4 is 4.72 Å². The Hall–Kier alpha value is -2.58. The summed E-state index contributed by atoms with van der Waals surface area (Å²) in [5.74, 6) is -0.342. The van der Waals surface area contributed by atoms with Crippen molar-refractivity contribution < 1.29 is 12.8 Å². The number of fused-ring (bicyclic) bond motifs is 1. The van der Waals surface area contributed by atoms with Crippen LogP contribution in [0.15, 0.2) is 59.9 Å². The zero-order valence-corrected chi connectivity index (χ0v) is 16.4. The number of aromatic nitrogens is 3. The maximum Gasteiger partial charge on any atom is 0.242 e. The topological polar surface area (TPSA) is 76.9 Å². The number of hydrogen-bond donors (Lipinski definition) is 1. The van der Waals surface area contributed by atoms with Crippen molar-refractivity contribution in [1.29, 1.82) is 0 Å². The second kappa shape index (κ2) is 6.79. The molecule has 146 valence electrons. The van der Waals surface area contributed by atoms with Crippen molar-refractivity contribution in [3.8, 4) is 5.69 Å². The van der Waals surface area contributed by atoms with Gasteiger partial charge in [-0.1, -0.05) is 19.9 Å². The van der Waals surface area contributed by atoms with Crippen LogP contribution in [0, 0.1) is 11.2 Å². The summed E-state index contributed by atoms with van der Waals surface area (Å²) in [6.07, 6.45) is 5.88. The first-order chi connectivity index (χ1) is 13.3. The molecule has 0 saturated heterocycles. The van der Waals surface area contributed by atoms with Crippen molar-refractivity contribution in [3.05, 3.63) is 72.1 Å². The number of nitrogens with one attached hydrogen (secondary N) is 1. The minimum absolute atomic E-state index is 0.123. The Balaban J connectivity index is 1.74. The van der Waals surface area contributed by atoms with Crippen LogP contribution in [0.25, 0.3) is 5.69 Å². The smallest absolute Gasteiger partial charge is 0.242 e. The summed E-state index contributed by atoms with van der Waals surface area (Å²) in [5, 5.41) is 4.43. The van der Waals surface area contributed by atoms with Gasteiger partial charge in [0.05, 0.1) is 17.9 Å². The summed E-state index contributed by atoms with van der Waals surface area (Å²) in [7, 11) is -3.72. The highest BCUT2D eigenvalue weighted by molar-refractivity contribution is 7.89. The van der Waals surface area contributed by atoms with Crippen LogP contribution in [0.2, 0.25) is 0 Å². The molecule has 0 radical (unpaired) electrons. The predicted molar refractivity (Wildman–Crippen MR) is 103 cm³/mol. The molecule has 0 aliphatic heterocycles. The molecule has 2 heterocycles. The molecule has 0 fully saturated rings. The summed E-state index contributed by atoms with van der Waals surface area (Å²) in [6, 6.07) is 8.90. The predicted octanol–water partition coefficient (Wildman–Crippen LogP) is 3.40. The van der Waals surface area contributed by atoms with E-state index in [1.165, 1.54) is 30.6 Å². The Morgan fingerprint density at radius 3 is 2.75 bits per heavy atom. The van der Waals surface area contributed by atoms with Gasteiger partial charge in [-0.25, -0.2) is 22.2 Å². The van der Waals surface area contributed by atoms with E-state index < -0.39 is 16.1 Å². The van der Waals surface area contributed by atoms with Crippen LogP contribution in [0.5, 0.6) is 0 Å². The van der Waals surface area contributed by atoms with Gasteiger partial charge in [0.2, 0.25) is 10.0 Å². The van der Waals surface area contributed by atoms with Gasteiger partial charge in [0.15, 0.2) is 0 Å². The molecule has 1 aromatic carbocycles. The Morgan fingerprint density at radius 1 is 1.21 bits per heavy atom. The minimum Gasteiger partial charge on any atom is -0.263 e. The number of pyridine rings is 1. The quantitative estimate of drug-likeness (QED) is 0.728. The normalized spacial score (nSPS) is 18.6. The molecule has 2 aromatic heterocycles. The standard InChI is InChI=1S/C20H21FN4O2S/c1-20(2)10-18(24-28(26,27)16-7-4-8-22-12-16)17-13-23-25(19(17)11-20)15-6-3-5-14(21)9-15/h3-9,12-13,18,24H,10-11H2,1-2H3/t18-/m0/s1. The first-order valence-corrected chi connectivity index (χ1v) is 10.5.